The number of hydrogen-bond acceptors (Lipinski definition) is 2. The summed E-state index contributed by atoms with van der Waals surface area (Å²) in [5, 5.41) is 0. The zero-order valence-electron chi connectivity index (χ0n) is 11.4. The molecule has 2 heteroatoms. The summed E-state index contributed by atoms with van der Waals surface area (Å²) < 4.78 is 0. The molecule has 1 fully saturated rings. The highest BCUT2D eigenvalue weighted by Crippen LogP contribution is 2.26. The molecular weight excluding hydrogens is 210 g/mol. The minimum Gasteiger partial charge on any atom is -0.327 e. The van der Waals surface area contributed by atoms with E-state index >= 15 is 0 Å². The third kappa shape index (κ3) is 5.67. The number of nitrogens with two attached hydrogens (primary N) is 1. The van der Waals surface area contributed by atoms with Gasteiger partial charge in [-0.15, -0.1) is 0 Å². The summed E-state index contributed by atoms with van der Waals surface area (Å²) in [6.07, 6.45) is 13.0. The Hall–Kier alpha value is -0.370. The van der Waals surface area contributed by atoms with Crippen molar-refractivity contribution in [2.24, 2.45) is 11.7 Å². The Labute approximate surface area is 106 Å². The molecular formula is C15H29NO. The van der Waals surface area contributed by atoms with E-state index in [4.69, 9.17) is 5.73 Å². The fraction of sp³-hybridized carbons (Fsp3) is 0.933. The molecule has 0 aromatic carbocycles. The lowest BCUT2D eigenvalue weighted by molar-refractivity contribution is -0.123. The maximum Gasteiger partial charge on any atom is 0.137 e. The fourth-order valence-corrected chi connectivity index (χ4v) is 2.83. The highest BCUT2D eigenvalue weighted by molar-refractivity contribution is 5.81. The second kappa shape index (κ2) is 8.68. The van der Waals surface area contributed by atoms with E-state index in [1.165, 1.54) is 38.5 Å². The largest absolute Gasteiger partial charge is 0.327 e. The summed E-state index contributed by atoms with van der Waals surface area (Å²) in [7, 11) is 0. The van der Waals surface area contributed by atoms with E-state index in [0.717, 1.165) is 32.1 Å². The lowest BCUT2D eigenvalue weighted by atomic mass is 9.94. The quantitative estimate of drug-likeness (QED) is 0.621. The van der Waals surface area contributed by atoms with E-state index in [9.17, 15) is 4.79 Å². The molecule has 1 aliphatic rings. The van der Waals surface area contributed by atoms with Crippen LogP contribution in [-0.4, -0.2) is 11.8 Å². The van der Waals surface area contributed by atoms with Crippen LogP contribution in [-0.2, 0) is 4.79 Å². The third-order valence-electron chi connectivity index (χ3n) is 4.01. The molecule has 0 amide bonds. The Morgan fingerprint density at radius 2 is 1.71 bits per heavy atom. The van der Waals surface area contributed by atoms with Crippen molar-refractivity contribution < 1.29 is 4.79 Å². The molecule has 2 unspecified atom stereocenters. The molecule has 1 rings (SSSR count). The van der Waals surface area contributed by atoms with E-state index in [-0.39, 0.29) is 12.0 Å². The van der Waals surface area contributed by atoms with Crippen LogP contribution in [0.3, 0.4) is 0 Å². The Morgan fingerprint density at radius 1 is 1.06 bits per heavy atom. The summed E-state index contributed by atoms with van der Waals surface area (Å²) in [5.74, 6) is 0.624. The number of carbonyl (C=O) groups is 1. The molecule has 0 bridgehead atoms. The van der Waals surface area contributed by atoms with E-state index in [1.807, 2.05) is 0 Å². The monoisotopic (exact) mass is 239 g/mol. The molecule has 0 saturated heterocycles. The zero-order valence-corrected chi connectivity index (χ0v) is 11.4. The smallest absolute Gasteiger partial charge is 0.137 e. The predicted molar refractivity (Wildman–Crippen MR) is 72.9 cm³/mol. The van der Waals surface area contributed by atoms with Crippen LogP contribution in [0.1, 0.15) is 77.6 Å². The summed E-state index contributed by atoms with van der Waals surface area (Å²) in [6.45, 7) is 2.24. The average Bonchev–Trinajstić information content (AvgIpc) is 2.74. The van der Waals surface area contributed by atoms with Crippen LogP contribution in [0.4, 0.5) is 0 Å². The third-order valence-corrected chi connectivity index (χ3v) is 4.01. The first-order valence-corrected chi connectivity index (χ1v) is 7.54. The van der Waals surface area contributed by atoms with Crippen LogP contribution in [0.25, 0.3) is 0 Å². The molecule has 2 atom stereocenters. The van der Waals surface area contributed by atoms with Gasteiger partial charge in [0.25, 0.3) is 0 Å². The van der Waals surface area contributed by atoms with Gasteiger partial charge in [0.05, 0.1) is 0 Å². The van der Waals surface area contributed by atoms with Crippen LogP contribution in [0.2, 0.25) is 0 Å². The molecule has 1 saturated carbocycles. The van der Waals surface area contributed by atoms with E-state index in [1.54, 1.807) is 0 Å². The van der Waals surface area contributed by atoms with Crippen LogP contribution in [0.15, 0.2) is 0 Å². The number of Topliss-reactive ketones (excluding diaryl/α,β-unsaturated/α-hetero) is 1. The molecule has 2 nitrogen and oxygen atoms in total. The van der Waals surface area contributed by atoms with Gasteiger partial charge in [-0.3, -0.25) is 4.79 Å². The molecule has 0 heterocycles. The lowest BCUT2D eigenvalue weighted by Gasteiger charge is -2.13. The number of hydrogen-bond donors (Lipinski definition) is 1. The molecule has 0 aliphatic heterocycles. The first-order valence-electron chi connectivity index (χ1n) is 7.54. The van der Waals surface area contributed by atoms with Crippen LogP contribution < -0.4 is 5.73 Å². The van der Waals surface area contributed by atoms with Crippen molar-refractivity contribution in [2.45, 2.75) is 83.6 Å². The van der Waals surface area contributed by atoms with Gasteiger partial charge in [0.15, 0.2) is 0 Å². The number of rotatable bonds is 9. The van der Waals surface area contributed by atoms with E-state index in [0.29, 0.717) is 5.78 Å². The first kappa shape index (κ1) is 14.7. The topological polar surface area (TPSA) is 43.1 Å². The standard InChI is InChI=1S/C15H29NO/c1-2-3-4-5-6-7-8-12-15(17)13-10-9-11-14(13)16/h13-14H,2-12,16H2,1H3. The minimum atomic E-state index is 0.159. The van der Waals surface area contributed by atoms with E-state index < -0.39 is 0 Å². The van der Waals surface area contributed by atoms with Gasteiger partial charge in [-0.2, -0.15) is 0 Å². The van der Waals surface area contributed by atoms with Crippen molar-refractivity contribution >= 4 is 5.78 Å². The highest BCUT2D eigenvalue weighted by Gasteiger charge is 2.29. The van der Waals surface area contributed by atoms with Crippen molar-refractivity contribution in [1.82, 2.24) is 0 Å². The molecule has 0 radical (unpaired) electrons. The second-order valence-corrected chi connectivity index (χ2v) is 5.54. The Balaban J connectivity index is 1.97. The zero-order chi connectivity index (χ0) is 12.5. The molecule has 2 N–H and O–H groups in total. The fourth-order valence-electron chi connectivity index (χ4n) is 2.83. The predicted octanol–water partition coefficient (Wildman–Crippen LogP) is 3.82. The SMILES string of the molecule is CCCCCCCCCC(=O)C1CCCC1N. The van der Waals surface area contributed by atoms with Crippen molar-refractivity contribution in [3.05, 3.63) is 0 Å². The van der Waals surface area contributed by atoms with Crippen LogP contribution in [0.5, 0.6) is 0 Å². The molecule has 0 aromatic rings. The van der Waals surface area contributed by atoms with Gasteiger partial charge in [-0.25, -0.2) is 0 Å². The molecule has 0 aromatic heterocycles. The summed E-state index contributed by atoms with van der Waals surface area (Å²) in [4.78, 5) is 11.9. The second-order valence-electron chi connectivity index (χ2n) is 5.54. The molecule has 17 heavy (non-hydrogen) atoms. The molecule has 0 spiro atoms. The summed E-state index contributed by atoms with van der Waals surface area (Å²) in [5.41, 5.74) is 5.94. The average molecular weight is 239 g/mol. The minimum absolute atomic E-state index is 0.159. The van der Waals surface area contributed by atoms with Crippen molar-refractivity contribution in [3.63, 3.8) is 0 Å². The first-order chi connectivity index (χ1) is 8.25. The number of carbonyl (C=O) groups excluding carboxylic acids is 1. The normalized spacial score (nSPS) is 24.1. The van der Waals surface area contributed by atoms with Crippen LogP contribution in [0, 0.1) is 5.92 Å². The van der Waals surface area contributed by atoms with Gasteiger partial charge in [0, 0.05) is 18.4 Å². The van der Waals surface area contributed by atoms with Gasteiger partial charge in [0.1, 0.15) is 5.78 Å². The van der Waals surface area contributed by atoms with Gasteiger partial charge in [-0.05, 0) is 19.3 Å². The number of ketones is 1. The van der Waals surface area contributed by atoms with Gasteiger partial charge >= 0.3 is 0 Å². The van der Waals surface area contributed by atoms with Crippen LogP contribution >= 0.6 is 0 Å². The van der Waals surface area contributed by atoms with E-state index in [2.05, 4.69) is 6.92 Å². The Kier molecular flexibility index (Phi) is 7.50. The Bertz CT molecular complexity index is 215. The maximum atomic E-state index is 11.9. The lowest BCUT2D eigenvalue weighted by Crippen LogP contribution is -2.30. The molecule has 100 valence electrons. The van der Waals surface area contributed by atoms with Crippen molar-refractivity contribution in [1.29, 1.82) is 0 Å². The Morgan fingerprint density at radius 3 is 2.29 bits per heavy atom. The van der Waals surface area contributed by atoms with Gasteiger partial charge < -0.3 is 5.73 Å². The van der Waals surface area contributed by atoms with Crippen molar-refractivity contribution in [2.75, 3.05) is 0 Å². The van der Waals surface area contributed by atoms with Gasteiger partial charge in [-0.1, -0.05) is 51.9 Å². The summed E-state index contributed by atoms with van der Waals surface area (Å²) in [6, 6.07) is 0.159. The highest BCUT2D eigenvalue weighted by atomic mass is 16.1. The number of unbranched alkanes of at least 4 members (excludes halogenated alkanes) is 6. The summed E-state index contributed by atoms with van der Waals surface area (Å²) >= 11 is 0. The van der Waals surface area contributed by atoms with Crippen molar-refractivity contribution in [3.8, 4) is 0 Å². The van der Waals surface area contributed by atoms with Gasteiger partial charge in [0.2, 0.25) is 0 Å². The molecule has 1 aliphatic carbocycles. The maximum absolute atomic E-state index is 11.9.